The molecule has 0 atom stereocenters. The lowest BCUT2D eigenvalue weighted by molar-refractivity contribution is -0.384. The van der Waals surface area contributed by atoms with Crippen LogP contribution in [0.4, 0.5) is 11.4 Å². The predicted molar refractivity (Wildman–Crippen MR) is 90.8 cm³/mol. The summed E-state index contributed by atoms with van der Waals surface area (Å²) in [4.78, 5) is 21.8. The van der Waals surface area contributed by atoms with Crippen molar-refractivity contribution >= 4 is 27.3 Å². The first-order chi connectivity index (χ1) is 11.8. The molecule has 8 nitrogen and oxygen atoms in total. The SMILES string of the molecule is O=C(NC1CC1)c1ccc(NS(=O)(=O)c2ccc([N+](=O)[O-])cc2)cc1. The molecule has 0 heterocycles. The van der Waals surface area contributed by atoms with Crippen LogP contribution in [0.15, 0.2) is 53.4 Å². The Morgan fingerprint density at radius 2 is 1.64 bits per heavy atom. The monoisotopic (exact) mass is 361 g/mol. The number of nitrogens with zero attached hydrogens (tertiary/aromatic N) is 1. The summed E-state index contributed by atoms with van der Waals surface area (Å²) in [5, 5.41) is 13.5. The standard InChI is InChI=1S/C16H15N3O5S/c20-16(17-12-5-6-12)11-1-3-13(4-2-11)18-25(23,24)15-9-7-14(8-10-15)19(21)22/h1-4,7-10,12,18H,5-6H2,(H,17,20). The van der Waals surface area contributed by atoms with Gasteiger partial charge in [0.05, 0.1) is 9.82 Å². The van der Waals surface area contributed by atoms with E-state index in [9.17, 15) is 23.3 Å². The third-order valence-electron chi connectivity index (χ3n) is 3.67. The van der Waals surface area contributed by atoms with Crippen LogP contribution >= 0.6 is 0 Å². The van der Waals surface area contributed by atoms with Gasteiger partial charge in [0.1, 0.15) is 0 Å². The van der Waals surface area contributed by atoms with Gasteiger partial charge in [-0.15, -0.1) is 0 Å². The van der Waals surface area contributed by atoms with Crippen LogP contribution < -0.4 is 10.0 Å². The van der Waals surface area contributed by atoms with Crippen molar-refractivity contribution in [2.75, 3.05) is 4.72 Å². The molecule has 0 bridgehead atoms. The first-order valence-electron chi connectivity index (χ1n) is 7.53. The Kier molecular flexibility index (Phi) is 4.41. The second-order valence-corrected chi connectivity index (χ2v) is 7.36. The fraction of sp³-hybridized carbons (Fsp3) is 0.188. The Morgan fingerprint density at radius 1 is 1.04 bits per heavy atom. The summed E-state index contributed by atoms with van der Waals surface area (Å²) in [7, 11) is -3.87. The highest BCUT2D eigenvalue weighted by Gasteiger charge is 2.23. The molecule has 0 unspecified atom stereocenters. The number of hydrogen-bond donors (Lipinski definition) is 2. The van der Waals surface area contributed by atoms with Crippen molar-refractivity contribution in [3.05, 3.63) is 64.2 Å². The average molecular weight is 361 g/mol. The van der Waals surface area contributed by atoms with Crippen LogP contribution in [-0.4, -0.2) is 25.3 Å². The molecule has 25 heavy (non-hydrogen) atoms. The number of non-ortho nitro benzene ring substituents is 1. The zero-order chi connectivity index (χ0) is 18.0. The van der Waals surface area contributed by atoms with E-state index in [2.05, 4.69) is 10.0 Å². The van der Waals surface area contributed by atoms with E-state index in [0.717, 1.165) is 37.1 Å². The fourth-order valence-corrected chi connectivity index (χ4v) is 3.21. The largest absolute Gasteiger partial charge is 0.349 e. The molecule has 0 radical (unpaired) electrons. The summed E-state index contributed by atoms with van der Waals surface area (Å²) >= 11 is 0. The van der Waals surface area contributed by atoms with Crippen LogP contribution in [0, 0.1) is 10.1 Å². The normalized spacial score (nSPS) is 13.9. The lowest BCUT2D eigenvalue weighted by Crippen LogP contribution is -2.25. The van der Waals surface area contributed by atoms with E-state index in [4.69, 9.17) is 0 Å². The molecule has 0 aromatic heterocycles. The van der Waals surface area contributed by atoms with Crippen molar-refractivity contribution in [2.24, 2.45) is 0 Å². The maximum Gasteiger partial charge on any atom is 0.269 e. The first-order valence-corrected chi connectivity index (χ1v) is 9.02. The lowest BCUT2D eigenvalue weighted by atomic mass is 10.2. The van der Waals surface area contributed by atoms with Crippen LogP contribution in [0.1, 0.15) is 23.2 Å². The highest BCUT2D eigenvalue weighted by molar-refractivity contribution is 7.92. The van der Waals surface area contributed by atoms with E-state index in [1.807, 2.05) is 0 Å². The van der Waals surface area contributed by atoms with Gasteiger partial charge in [0.25, 0.3) is 21.6 Å². The van der Waals surface area contributed by atoms with Gasteiger partial charge in [-0.2, -0.15) is 0 Å². The van der Waals surface area contributed by atoms with E-state index in [-0.39, 0.29) is 22.5 Å². The second kappa shape index (κ2) is 6.52. The molecule has 130 valence electrons. The van der Waals surface area contributed by atoms with Gasteiger partial charge < -0.3 is 5.32 Å². The summed E-state index contributed by atoms with van der Waals surface area (Å²) in [5.41, 5.74) is 0.552. The van der Waals surface area contributed by atoms with Crippen LogP contribution in [0.25, 0.3) is 0 Å². The molecule has 9 heteroatoms. The number of benzene rings is 2. The molecule has 0 saturated heterocycles. The molecule has 0 spiro atoms. The van der Waals surface area contributed by atoms with Crippen LogP contribution in [0.2, 0.25) is 0 Å². The highest BCUT2D eigenvalue weighted by atomic mass is 32.2. The van der Waals surface area contributed by atoms with E-state index in [1.165, 1.54) is 24.3 Å². The highest BCUT2D eigenvalue weighted by Crippen LogP contribution is 2.21. The van der Waals surface area contributed by atoms with Gasteiger partial charge in [0.2, 0.25) is 0 Å². The number of amides is 1. The van der Waals surface area contributed by atoms with Crippen LogP contribution in [-0.2, 0) is 10.0 Å². The van der Waals surface area contributed by atoms with Crippen LogP contribution in [0.5, 0.6) is 0 Å². The number of anilines is 1. The van der Waals surface area contributed by atoms with E-state index >= 15 is 0 Å². The smallest absolute Gasteiger partial charge is 0.269 e. The van der Waals surface area contributed by atoms with Crippen LogP contribution in [0.3, 0.4) is 0 Å². The maximum absolute atomic E-state index is 12.3. The third kappa shape index (κ3) is 4.13. The third-order valence-corrected chi connectivity index (χ3v) is 5.07. The van der Waals surface area contributed by atoms with Gasteiger partial charge >= 0.3 is 0 Å². The van der Waals surface area contributed by atoms with Gasteiger partial charge in [-0.3, -0.25) is 19.6 Å². The molecule has 2 N–H and O–H groups in total. The molecule has 1 fully saturated rings. The average Bonchev–Trinajstić information content (AvgIpc) is 3.39. The summed E-state index contributed by atoms with van der Waals surface area (Å²) < 4.78 is 27.0. The zero-order valence-electron chi connectivity index (χ0n) is 13.0. The molecular weight excluding hydrogens is 346 g/mol. The van der Waals surface area contributed by atoms with E-state index in [0.29, 0.717) is 11.3 Å². The van der Waals surface area contributed by atoms with Crippen molar-refractivity contribution < 1.29 is 18.1 Å². The molecule has 3 rings (SSSR count). The first kappa shape index (κ1) is 16.9. The summed E-state index contributed by atoms with van der Waals surface area (Å²) in [5.74, 6) is -0.188. The maximum atomic E-state index is 12.3. The van der Waals surface area contributed by atoms with Crippen molar-refractivity contribution in [3.63, 3.8) is 0 Å². The number of nitro groups is 1. The van der Waals surface area contributed by atoms with Gasteiger partial charge in [-0.1, -0.05) is 0 Å². The Hall–Kier alpha value is -2.94. The Balaban J connectivity index is 1.71. The number of nitrogens with one attached hydrogen (secondary N) is 2. The van der Waals surface area contributed by atoms with Crippen molar-refractivity contribution in [3.8, 4) is 0 Å². The van der Waals surface area contributed by atoms with Gasteiger partial charge in [0.15, 0.2) is 0 Å². The molecule has 1 amide bonds. The number of sulfonamides is 1. The summed E-state index contributed by atoms with van der Waals surface area (Å²) in [6, 6.07) is 10.9. The molecule has 2 aromatic rings. The number of hydrogen-bond acceptors (Lipinski definition) is 5. The number of rotatable bonds is 6. The quantitative estimate of drug-likeness (QED) is 0.604. The molecular formula is C16H15N3O5S. The molecule has 1 aliphatic rings. The minimum absolute atomic E-state index is 0.0892. The number of carbonyl (C=O) groups excluding carboxylic acids is 1. The Labute approximate surface area is 144 Å². The minimum Gasteiger partial charge on any atom is -0.349 e. The lowest BCUT2D eigenvalue weighted by Gasteiger charge is -2.09. The van der Waals surface area contributed by atoms with Gasteiger partial charge in [-0.05, 0) is 49.2 Å². The molecule has 0 aliphatic heterocycles. The van der Waals surface area contributed by atoms with Crippen molar-refractivity contribution in [1.29, 1.82) is 0 Å². The van der Waals surface area contributed by atoms with E-state index < -0.39 is 14.9 Å². The topological polar surface area (TPSA) is 118 Å². The Morgan fingerprint density at radius 3 is 2.16 bits per heavy atom. The zero-order valence-corrected chi connectivity index (χ0v) is 13.8. The minimum atomic E-state index is -3.87. The summed E-state index contributed by atoms with van der Waals surface area (Å²) in [6.45, 7) is 0. The van der Waals surface area contributed by atoms with Gasteiger partial charge in [0, 0.05) is 29.4 Å². The second-order valence-electron chi connectivity index (χ2n) is 5.68. The Bertz CT molecular complexity index is 904. The number of carbonyl (C=O) groups is 1. The summed E-state index contributed by atoms with van der Waals surface area (Å²) in [6.07, 6.45) is 1.97. The number of nitro benzene ring substituents is 1. The van der Waals surface area contributed by atoms with E-state index in [1.54, 1.807) is 0 Å². The molecule has 2 aromatic carbocycles. The van der Waals surface area contributed by atoms with Crippen molar-refractivity contribution in [1.82, 2.24) is 5.32 Å². The molecule has 1 saturated carbocycles. The van der Waals surface area contributed by atoms with Crippen molar-refractivity contribution in [2.45, 2.75) is 23.8 Å². The van der Waals surface area contributed by atoms with Gasteiger partial charge in [-0.25, -0.2) is 8.42 Å². The fourth-order valence-electron chi connectivity index (χ4n) is 2.15. The molecule has 1 aliphatic carbocycles. The predicted octanol–water partition coefficient (Wildman–Crippen LogP) is 2.29.